The summed E-state index contributed by atoms with van der Waals surface area (Å²) < 4.78 is 6.77. The molecule has 3 rings (SSSR count). The van der Waals surface area contributed by atoms with E-state index in [4.69, 9.17) is 4.42 Å². The highest BCUT2D eigenvalue weighted by Gasteiger charge is 2.07. The van der Waals surface area contributed by atoms with Crippen LogP contribution in [0, 0.1) is 13.8 Å². The Kier molecular flexibility index (Phi) is 4.55. The summed E-state index contributed by atoms with van der Waals surface area (Å²) >= 11 is 0. The third-order valence-corrected chi connectivity index (χ3v) is 3.40. The average molecular weight is 326 g/mol. The summed E-state index contributed by atoms with van der Waals surface area (Å²) in [6.45, 7) is 4.76. The molecule has 0 aliphatic rings. The van der Waals surface area contributed by atoms with Gasteiger partial charge in [-0.25, -0.2) is 15.0 Å². The average Bonchev–Trinajstić information content (AvgIpc) is 3.22. The molecule has 0 fully saturated rings. The predicted molar refractivity (Wildman–Crippen MR) is 88.2 cm³/mol. The maximum atomic E-state index is 11.8. The van der Waals surface area contributed by atoms with Crippen molar-refractivity contribution >= 4 is 11.7 Å². The molecule has 0 unspecified atom stereocenters. The van der Waals surface area contributed by atoms with Crippen LogP contribution in [0.3, 0.4) is 0 Å². The van der Waals surface area contributed by atoms with Gasteiger partial charge in [0.15, 0.2) is 0 Å². The lowest BCUT2D eigenvalue weighted by atomic mass is 10.3. The molecule has 1 amide bonds. The van der Waals surface area contributed by atoms with Crippen LogP contribution in [-0.2, 0) is 0 Å². The molecule has 24 heavy (non-hydrogen) atoms. The second kappa shape index (κ2) is 6.95. The maximum Gasteiger partial charge on any atom is 0.254 e. The third-order valence-electron chi connectivity index (χ3n) is 3.40. The topological polar surface area (TPSA) is 97.9 Å². The van der Waals surface area contributed by atoms with Gasteiger partial charge < -0.3 is 15.1 Å². The molecule has 3 aromatic heterocycles. The summed E-state index contributed by atoms with van der Waals surface area (Å²) in [7, 11) is 0. The van der Waals surface area contributed by atoms with Crippen molar-refractivity contribution in [1.29, 1.82) is 0 Å². The van der Waals surface area contributed by atoms with Crippen molar-refractivity contribution in [3.63, 3.8) is 0 Å². The van der Waals surface area contributed by atoms with Gasteiger partial charge in [-0.3, -0.25) is 9.36 Å². The number of amides is 1. The minimum Gasteiger partial charge on any atom is -0.472 e. The van der Waals surface area contributed by atoms with Gasteiger partial charge in [-0.1, -0.05) is 0 Å². The zero-order chi connectivity index (χ0) is 16.9. The lowest BCUT2D eigenvalue weighted by Crippen LogP contribution is -2.28. The minimum absolute atomic E-state index is 0.167. The van der Waals surface area contributed by atoms with Crippen LogP contribution in [-0.4, -0.2) is 38.5 Å². The number of nitrogens with one attached hydrogen (secondary N) is 2. The molecule has 0 atom stereocenters. The van der Waals surface area contributed by atoms with Gasteiger partial charge in [-0.05, 0) is 19.9 Å². The summed E-state index contributed by atoms with van der Waals surface area (Å²) in [4.78, 5) is 24.8. The van der Waals surface area contributed by atoms with Crippen molar-refractivity contribution in [3.05, 3.63) is 54.3 Å². The fraction of sp³-hybridized carbons (Fsp3) is 0.250. The number of carbonyl (C=O) groups excluding carboxylic acids is 1. The SMILES string of the molecule is Cc1nc(NCCNC(=O)c2ccoc2)cc(-n2ccnc2C)n1. The van der Waals surface area contributed by atoms with E-state index in [1.54, 1.807) is 12.3 Å². The van der Waals surface area contributed by atoms with E-state index in [0.29, 0.717) is 30.3 Å². The Hall–Kier alpha value is -3.16. The standard InChI is InChI=1S/C16H18N6O2/c1-11-20-14(9-15(21-11)22-7-6-17-12(22)2)18-4-5-19-16(23)13-3-8-24-10-13/h3,6-10H,4-5H2,1-2H3,(H,19,23)(H,18,20,21). The van der Waals surface area contributed by atoms with Gasteiger partial charge in [-0.15, -0.1) is 0 Å². The molecule has 8 nitrogen and oxygen atoms in total. The summed E-state index contributed by atoms with van der Waals surface area (Å²) in [6.07, 6.45) is 6.46. The van der Waals surface area contributed by atoms with E-state index < -0.39 is 0 Å². The van der Waals surface area contributed by atoms with Gasteiger partial charge in [0.1, 0.15) is 29.5 Å². The van der Waals surface area contributed by atoms with Crippen LogP contribution >= 0.6 is 0 Å². The van der Waals surface area contributed by atoms with Crippen LogP contribution in [0.25, 0.3) is 5.82 Å². The van der Waals surface area contributed by atoms with Crippen LogP contribution in [0.2, 0.25) is 0 Å². The van der Waals surface area contributed by atoms with E-state index in [1.807, 2.05) is 30.7 Å². The van der Waals surface area contributed by atoms with Crippen molar-refractivity contribution in [3.8, 4) is 5.82 Å². The van der Waals surface area contributed by atoms with Gasteiger partial charge in [0.25, 0.3) is 5.91 Å². The molecule has 0 aliphatic heterocycles. The second-order valence-corrected chi connectivity index (χ2v) is 5.20. The van der Waals surface area contributed by atoms with Gasteiger partial charge in [0, 0.05) is 31.5 Å². The van der Waals surface area contributed by atoms with E-state index in [1.165, 1.54) is 12.5 Å². The highest BCUT2D eigenvalue weighted by Crippen LogP contribution is 2.12. The van der Waals surface area contributed by atoms with E-state index in [-0.39, 0.29) is 5.91 Å². The fourth-order valence-electron chi connectivity index (χ4n) is 2.25. The van der Waals surface area contributed by atoms with E-state index in [9.17, 15) is 4.79 Å². The first-order valence-electron chi connectivity index (χ1n) is 7.54. The number of hydrogen-bond acceptors (Lipinski definition) is 6. The molecule has 3 aromatic rings. The number of aryl methyl sites for hydroxylation is 2. The number of aromatic nitrogens is 4. The second-order valence-electron chi connectivity index (χ2n) is 5.20. The summed E-state index contributed by atoms with van der Waals surface area (Å²) in [5, 5.41) is 5.99. The van der Waals surface area contributed by atoms with E-state index >= 15 is 0 Å². The molecule has 0 radical (unpaired) electrons. The lowest BCUT2D eigenvalue weighted by Gasteiger charge is -2.10. The van der Waals surface area contributed by atoms with Crippen molar-refractivity contribution in [2.75, 3.05) is 18.4 Å². The lowest BCUT2D eigenvalue weighted by molar-refractivity contribution is 0.0954. The minimum atomic E-state index is -0.167. The normalized spacial score (nSPS) is 10.6. The first-order valence-corrected chi connectivity index (χ1v) is 7.54. The van der Waals surface area contributed by atoms with E-state index in [0.717, 1.165) is 11.6 Å². The molecule has 3 heterocycles. The van der Waals surface area contributed by atoms with Crippen LogP contribution in [0.4, 0.5) is 5.82 Å². The van der Waals surface area contributed by atoms with Crippen molar-refractivity contribution in [2.45, 2.75) is 13.8 Å². The monoisotopic (exact) mass is 326 g/mol. The number of nitrogens with zero attached hydrogens (tertiary/aromatic N) is 4. The van der Waals surface area contributed by atoms with Gasteiger partial charge in [-0.2, -0.15) is 0 Å². The Morgan fingerprint density at radius 3 is 2.88 bits per heavy atom. The molecule has 8 heteroatoms. The molecule has 2 N–H and O–H groups in total. The number of carbonyl (C=O) groups is 1. The van der Waals surface area contributed by atoms with Gasteiger partial charge in [0.05, 0.1) is 11.8 Å². The highest BCUT2D eigenvalue weighted by molar-refractivity contribution is 5.93. The maximum absolute atomic E-state index is 11.8. The smallest absolute Gasteiger partial charge is 0.254 e. The van der Waals surface area contributed by atoms with Crippen molar-refractivity contribution in [2.24, 2.45) is 0 Å². The van der Waals surface area contributed by atoms with Crippen LogP contribution in [0.1, 0.15) is 22.0 Å². The molecular weight excluding hydrogens is 308 g/mol. The molecule has 124 valence electrons. The zero-order valence-corrected chi connectivity index (χ0v) is 13.5. The van der Waals surface area contributed by atoms with Crippen molar-refractivity contribution in [1.82, 2.24) is 24.8 Å². The van der Waals surface area contributed by atoms with Crippen molar-refractivity contribution < 1.29 is 9.21 Å². The Balaban J connectivity index is 1.58. The first kappa shape index (κ1) is 15.7. The number of furan rings is 1. The van der Waals surface area contributed by atoms with Crippen LogP contribution < -0.4 is 10.6 Å². The highest BCUT2D eigenvalue weighted by atomic mass is 16.3. The summed E-state index contributed by atoms with van der Waals surface area (Å²) in [6, 6.07) is 3.47. The number of hydrogen-bond donors (Lipinski definition) is 2. The molecule has 0 bridgehead atoms. The van der Waals surface area contributed by atoms with E-state index in [2.05, 4.69) is 25.6 Å². The third kappa shape index (κ3) is 3.60. The molecular formula is C16H18N6O2. The molecule has 0 spiro atoms. The first-order chi connectivity index (χ1) is 11.6. The largest absolute Gasteiger partial charge is 0.472 e. The Bertz CT molecular complexity index is 825. The van der Waals surface area contributed by atoms with Crippen LogP contribution in [0.15, 0.2) is 41.5 Å². The Morgan fingerprint density at radius 1 is 1.29 bits per heavy atom. The Labute approximate surface area is 139 Å². The molecule has 0 saturated heterocycles. The number of imidazole rings is 1. The fourth-order valence-corrected chi connectivity index (χ4v) is 2.25. The zero-order valence-electron chi connectivity index (χ0n) is 13.5. The molecule has 0 aromatic carbocycles. The summed E-state index contributed by atoms with van der Waals surface area (Å²) in [5.41, 5.74) is 0.505. The quantitative estimate of drug-likeness (QED) is 0.669. The number of rotatable bonds is 6. The Morgan fingerprint density at radius 2 is 2.17 bits per heavy atom. The summed E-state index contributed by atoms with van der Waals surface area (Å²) in [5.74, 6) is 2.79. The predicted octanol–water partition coefficient (Wildman–Crippen LogP) is 1.71. The van der Waals surface area contributed by atoms with Crippen LogP contribution in [0.5, 0.6) is 0 Å². The molecule has 0 saturated carbocycles. The molecule has 0 aliphatic carbocycles. The van der Waals surface area contributed by atoms with Gasteiger partial charge >= 0.3 is 0 Å². The van der Waals surface area contributed by atoms with Gasteiger partial charge in [0.2, 0.25) is 0 Å². The number of anilines is 1.